The molecule has 0 aromatic carbocycles. The molecule has 0 bridgehead atoms. The van der Waals surface area contributed by atoms with E-state index < -0.39 is 6.10 Å². The fourth-order valence-corrected chi connectivity index (χ4v) is 7.79. The maximum absolute atomic E-state index is 12.8. The monoisotopic (exact) mass is 959 g/mol. The molecule has 0 aliphatic rings. The van der Waals surface area contributed by atoms with Crippen molar-refractivity contribution in [2.45, 2.75) is 271 Å². The van der Waals surface area contributed by atoms with Crippen molar-refractivity contribution >= 4 is 17.9 Å². The van der Waals surface area contributed by atoms with E-state index in [1.807, 2.05) is 6.08 Å². The molecular formula is C63H106O6. The zero-order valence-corrected chi connectivity index (χ0v) is 45.0. The van der Waals surface area contributed by atoms with E-state index in [2.05, 4.69) is 112 Å². The molecule has 1 unspecified atom stereocenters. The van der Waals surface area contributed by atoms with E-state index in [4.69, 9.17) is 14.2 Å². The molecule has 0 amide bonds. The fraction of sp³-hybridized carbons (Fsp3) is 0.698. The Morgan fingerprint density at radius 1 is 0.304 bits per heavy atom. The Morgan fingerprint density at radius 3 is 0.986 bits per heavy atom. The first kappa shape index (κ1) is 65.3. The molecule has 0 radical (unpaired) electrons. The minimum Gasteiger partial charge on any atom is -0.462 e. The van der Waals surface area contributed by atoms with Gasteiger partial charge in [0.25, 0.3) is 0 Å². The predicted molar refractivity (Wildman–Crippen MR) is 297 cm³/mol. The van der Waals surface area contributed by atoms with Crippen LogP contribution < -0.4 is 0 Å². The van der Waals surface area contributed by atoms with Gasteiger partial charge in [-0.15, -0.1) is 0 Å². The van der Waals surface area contributed by atoms with Crippen molar-refractivity contribution in [3.8, 4) is 0 Å². The third kappa shape index (κ3) is 55.1. The summed E-state index contributed by atoms with van der Waals surface area (Å²) in [5, 5.41) is 0. The van der Waals surface area contributed by atoms with Gasteiger partial charge in [0.2, 0.25) is 0 Å². The molecule has 6 nitrogen and oxygen atoms in total. The Bertz CT molecular complexity index is 1380. The van der Waals surface area contributed by atoms with Crippen LogP contribution in [0.25, 0.3) is 0 Å². The van der Waals surface area contributed by atoms with E-state index in [0.717, 1.165) is 103 Å². The third-order valence-electron chi connectivity index (χ3n) is 12.1. The smallest absolute Gasteiger partial charge is 0.306 e. The van der Waals surface area contributed by atoms with E-state index >= 15 is 0 Å². The number of hydrogen-bond acceptors (Lipinski definition) is 6. The molecule has 69 heavy (non-hydrogen) atoms. The molecule has 0 saturated carbocycles. The Balaban J connectivity index is 4.51. The standard InChI is InChI=1S/C63H106O6/c1-4-7-10-13-16-19-22-25-28-31-32-33-36-38-41-44-47-50-53-56-62(65)68-59-60(69-63(66)57-54-51-48-45-42-39-35-30-27-24-21-18-15-12-9-6-3)58-67-61(64)55-52-49-46-43-40-37-34-29-26-23-20-17-14-11-8-5-2/h7,10,16,19,21,24-25,28,30,32-33,35,38,41,47,50,60H,4-6,8-9,11-15,17-18,20,22-23,26-27,29,31,34,36-37,39-40,42-46,48-49,51-59H2,1-3H3/b10-7-,19-16-,24-21-,28-25-,33-32-,35-30-,41-38-,50-47-. The second-order valence-corrected chi connectivity index (χ2v) is 18.8. The van der Waals surface area contributed by atoms with E-state index in [1.165, 1.54) is 116 Å². The number of hydrogen-bond donors (Lipinski definition) is 0. The number of esters is 3. The van der Waals surface area contributed by atoms with Crippen LogP contribution in [0.5, 0.6) is 0 Å². The quantitative estimate of drug-likeness (QED) is 0.0262. The normalized spacial score (nSPS) is 12.8. The van der Waals surface area contributed by atoms with Crippen LogP contribution in [0.1, 0.15) is 265 Å². The molecule has 0 aromatic heterocycles. The molecule has 0 heterocycles. The average Bonchev–Trinajstić information content (AvgIpc) is 3.35. The predicted octanol–water partition coefficient (Wildman–Crippen LogP) is 19.3. The maximum atomic E-state index is 12.8. The zero-order valence-electron chi connectivity index (χ0n) is 45.0. The lowest BCUT2D eigenvalue weighted by molar-refractivity contribution is -0.166. The van der Waals surface area contributed by atoms with Crippen molar-refractivity contribution in [2.75, 3.05) is 13.2 Å². The van der Waals surface area contributed by atoms with Gasteiger partial charge in [-0.25, -0.2) is 0 Å². The number of allylic oxidation sites excluding steroid dienone is 16. The average molecular weight is 960 g/mol. The fourth-order valence-electron chi connectivity index (χ4n) is 7.79. The molecule has 0 rings (SSSR count). The van der Waals surface area contributed by atoms with Crippen LogP contribution in [-0.2, 0) is 28.6 Å². The van der Waals surface area contributed by atoms with Crippen molar-refractivity contribution in [1.82, 2.24) is 0 Å². The van der Waals surface area contributed by atoms with Gasteiger partial charge in [0, 0.05) is 19.3 Å². The minimum atomic E-state index is -0.815. The van der Waals surface area contributed by atoms with Crippen LogP contribution in [0.3, 0.4) is 0 Å². The van der Waals surface area contributed by atoms with Gasteiger partial charge in [0.05, 0.1) is 0 Å². The Morgan fingerprint density at radius 2 is 0.594 bits per heavy atom. The Kier molecular flexibility index (Phi) is 53.9. The Hall–Kier alpha value is -3.67. The van der Waals surface area contributed by atoms with Crippen LogP contribution in [0, 0.1) is 0 Å². The second-order valence-electron chi connectivity index (χ2n) is 18.8. The lowest BCUT2D eigenvalue weighted by atomic mass is 10.0. The number of unbranched alkanes of at least 4 members (excludes halogenated alkanes) is 24. The summed E-state index contributed by atoms with van der Waals surface area (Å²) in [5.41, 5.74) is 0. The van der Waals surface area contributed by atoms with Gasteiger partial charge in [0.15, 0.2) is 6.10 Å². The second kappa shape index (κ2) is 56.9. The minimum absolute atomic E-state index is 0.105. The van der Waals surface area contributed by atoms with E-state index in [0.29, 0.717) is 19.3 Å². The summed E-state index contributed by atoms with van der Waals surface area (Å²) in [5.74, 6) is -1.00. The molecule has 6 heteroatoms. The van der Waals surface area contributed by atoms with Gasteiger partial charge >= 0.3 is 17.9 Å². The first-order valence-corrected chi connectivity index (χ1v) is 28.7. The molecule has 0 fully saturated rings. The lowest BCUT2D eigenvalue weighted by Gasteiger charge is -2.18. The molecule has 0 aromatic rings. The molecule has 394 valence electrons. The molecular weight excluding hydrogens is 853 g/mol. The third-order valence-corrected chi connectivity index (χ3v) is 12.1. The number of carbonyl (C=O) groups excluding carboxylic acids is 3. The first-order chi connectivity index (χ1) is 34.0. The van der Waals surface area contributed by atoms with Crippen molar-refractivity contribution < 1.29 is 28.6 Å². The van der Waals surface area contributed by atoms with E-state index in [-0.39, 0.29) is 37.5 Å². The summed E-state index contributed by atoms with van der Waals surface area (Å²) in [6, 6.07) is 0. The summed E-state index contributed by atoms with van der Waals surface area (Å²) in [6.07, 6.45) is 75.5. The van der Waals surface area contributed by atoms with Crippen LogP contribution in [0.4, 0.5) is 0 Å². The summed E-state index contributed by atoms with van der Waals surface area (Å²) < 4.78 is 16.8. The summed E-state index contributed by atoms with van der Waals surface area (Å²) >= 11 is 0. The van der Waals surface area contributed by atoms with Gasteiger partial charge in [-0.3, -0.25) is 14.4 Å². The van der Waals surface area contributed by atoms with Crippen molar-refractivity contribution in [3.63, 3.8) is 0 Å². The summed E-state index contributed by atoms with van der Waals surface area (Å²) in [7, 11) is 0. The van der Waals surface area contributed by atoms with Gasteiger partial charge in [-0.2, -0.15) is 0 Å². The summed E-state index contributed by atoms with van der Waals surface area (Å²) in [6.45, 7) is 6.45. The number of rotatable bonds is 51. The van der Waals surface area contributed by atoms with Crippen LogP contribution in [-0.4, -0.2) is 37.2 Å². The van der Waals surface area contributed by atoms with Crippen molar-refractivity contribution in [1.29, 1.82) is 0 Å². The maximum Gasteiger partial charge on any atom is 0.306 e. The van der Waals surface area contributed by atoms with E-state index in [9.17, 15) is 14.4 Å². The van der Waals surface area contributed by atoms with E-state index in [1.54, 1.807) is 0 Å². The van der Waals surface area contributed by atoms with Crippen LogP contribution in [0.15, 0.2) is 97.2 Å². The summed E-state index contributed by atoms with van der Waals surface area (Å²) in [4.78, 5) is 38.1. The lowest BCUT2D eigenvalue weighted by Crippen LogP contribution is -2.30. The van der Waals surface area contributed by atoms with Crippen LogP contribution >= 0.6 is 0 Å². The van der Waals surface area contributed by atoms with Gasteiger partial charge in [-0.1, -0.05) is 253 Å². The van der Waals surface area contributed by atoms with Gasteiger partial charge in [-0.05, 0) is 89.9 Å². The highest BCUT2D eigenvalue weighted by Gasteiger charge is 2.19. The SMILES string of the molecule is CC/C=C\C/C=C\C/C=C\C/C=C\C/C=C\C/C=C\CCC(=O)OCC(COC(=O)CCCCCCCCCCCCCCCCCC)OC(=O)CCCCCCC/C=C\C/C=C\CCCCCC. The Labute approximate surface area is 426 Å². The van der Waals surface area contributed by atoms with Crippen LogP contribution in [0.2, 0.25) is 0 Å². The van der Waals surface area contributed by atoms with Gasteiger partial charge < -0.3 is 14.2 Å². The first-order valence-electron chi connectivity index (χ1n) is 28.7. The highest BCUT2D eigenvalue weighted by molar-refractivity contribution is 5.71. The number of ether oxygens (including phenoxy) is 3. The van der Waals surface area contributed by atoms with Crippen molar-refractivity contribution in [3.05, 3.63) is 97.2 Å². The molecule has 0 aliphatic heterocycles. The highest BCUT2D eigenvalue weighted by atomic mass is 16.6. The highest BCUT2D eigenvalue weighted by Crippen LogP contribution is 2.15. The molecule has 0 N–H and O–H groups in total. The van der Waals surface area contributed by atoms with Crippen molar-refractivity contribution in [2.24, 2.45) is 0 Å². The largest absolute Gasteiger partial charge is 0.462 e. The molecule has 0 saturated heterocycles. The molecule has 0 aliphatic carbocycles. The topological polar surface area (TPSA) is 78.9 Å². The number of carbonyl (C=O) groups is 3. The molecule has 0 spiro atoms. The molecule has 1 atom stereocenters. The zero-order chi connectivity index (χ0) is 50.0. The van der Waals surface area contributed by atoms with Gasteiger partial charge in [0.1, 0.15) is 13.2 Å².